The molecule has 1 aromatic carbocycles. The summed E-state index contributed by atoms with van der Waals surface area (Å²) >= 11 is 1.61. The van der Waals surface area contributed by atoms with Crippen molar-refractivity contribution in [3.05, 3.63) is 57.8 Å². The number of rotatable bonds is 6. The van der Waals surface area contributed by atoms with Gasteiger partial charge in [-0.3, -0.25) is 0 Å². The van der Waals surface area contributed by atoms with Crippen LogP contribution in [0.15, 0.2) is 41.8 Å². The highest BCUT2D eigenvalue weighted by atomic mass is 32.1. The molecule has 124 valence electrons. The van der Waals surface area contributed by atoms with Gasteiger partial charge < -0.3 is 15.7 Å². The lowest BCUT2D eigenvalue weighted by Gasteiger charge is -2.20. The van der Waals surface area contributed by atoms with Crippen LogP contribution in [0.2, 0.25) is 0 Å². The highest BCUT2D eigenvalue weighted by Crippen LogP contribution is 2.27. The zero-order chi connectivity index (χ0) is 16.8. The Morgan fingerprint density at radius 1 is 1.09 bits per heavy atom. The Bertz CT molecular complexity index is 608. The summed E-state index contributed by atoms with van der Waals surface area (Å²) in [5.74, 6) is 0.478. The van der Waals surface area contributed by atoms with Gasteiger partial charge in [0.15, 0.2) is 0 Å². The van der Waals surface area contributed by atoms with Crippen LogP contribution in [-0.4, -0.2) is 23.8 Å². The second-order valence-electron chi connectivity index (χ2n) is 5.97. The quantitative estimate of drug-likeness (QED) is 0.756. The Morgan fingerprint density at radius 2 is 1.74 bits per heavy atom. The zero-order valence-corrected chi connectivity index (χ0v) is 14.6. The Kier molecular flexibility index (Phi) is 6.19. The maximum absolute atomic E-state index is 12.1. The normalized spacial score (nSPS) is 13.6. The smallest absolute Gasteiger partial charge is 0.315 e. The molecule has 1 heterocycles. The van der Waals surface area contributed by atoms with Gasteiger partial charge in [-0.2, -0.15) is 0 Å². The van der Waals surface area contributed by atoms with Crippen LogP contribution in [0, 0.1) is 0 Å². The summed E-state index contributed by atoms with van der Waals surface area (Å²) in [6.45, 7) is 6.00. The number of hydrogen-bond donors (Lipinski definition) is 3. The number of urea groups is 1. The molecule has 1 aromatic heterocycles. The maximum Gasteiger partial charge on any atom is 0.315 e. The fraction of sp³-hybridized carbons (Fsp3) is 0.389. The van der Waals surface area contributed by atoms with Crippen molar-refractivity contribution in [3.8, 4) is 0 Å². The van der Waals surface area contributed by atoms with E-state index in [0.29, 0.717) is 5.92 Å². The van der Waals surface area contributed by atoms with E-state index in [-0.39, 0.29) is 24.7 Å². The van der Waals surface area contributed by atoms with Crippen LogP contribution in [0.3, 0.4) is 0 Å². The number of aliphatic hydroxyl groups excluding tert-OH is 1. The van der Waals surface area contributed by atoms with Crippen molar-refractivity contribution in [2.75, 3.05) is 6.61 Å². The fourth-order valence-corrected chi connectivity index (χ4v) is 3.09. The largest absolute Gasteiger partial charge is 0.394 e. The molecule has 0 spiro atoms. The fourth-order valence-electron chi connectivity index (χ4n) is 2.29. The number of carbonyl (C=O) groups excluding carboxylic acids is 1. The lowest BCUT2D eigenvalue weighted by atomic mass is 9.98. The third-order valence-corrected chi connectivity index (χ3v) is 4.63. The van der Waals surface area contributed by atoms with E-state index in [9.17, 15) is 4.79 Å². The van der Waals surface area contributed by atoms with Gasteiger partial charge in [0.1, 0.15) is 0 Å². The van der Waals surface area contributed by atoms with Crippen molar-refractivity contribution in [2.24, 2.45) is 0 Å². The van der Waals surface area contributed by atoms with Crippen molar-refractivity contribution >= 4 is 17.4 Å². The van der Waals surface area contributed by atoms with Crippen LogP contribution >= 0.6 is 11.3 Å². The Hall–Kier alpha value is -1.85. The monoisotopic (exact) mass is 332 g/mol. The summed E-state index contributed by atoms with van der Waals surface area (Å²) in [4.78, 5) is 13.2. The van der Waals surface area contributed by atoms with E-state index in [0.717, 1.165) is 10.4 Å². The minimum atomic E-state index is -0.280. The van der Waals surface area contributed by atoms with Crippen LogP contribution in [-0.2, 0) is 0 Å². The van der Waals surface area contributed by atoms with Gasteiger partial charge in [-0.25, -0.2) is 4.79 Å². The molecule has 0 saturated heterocycles. The molecular formula is C18H24N2O2S. The van der Waals surface area contributed by atoms with Gasteiger partial charge in [0.05, 0.1) is 18.7 Å². The number of hydrogen-bond acceptors (Lipinski definition) is 3. The number of carbonyl (C=O) groups is 1. The Balaban J connectivity index is 2.19. The molecular weight excluding hydrogens is 308 g/mol. The predicted molar refractivity (Wildman–Crippen MR) is 94.9 cm³/mol. The summed E-state index contributed by atoms with van der Waals surface area (Å²) in [5, 5.41) is 16.8. The summed E-state index contributed by atoms with van der Waals surface area (Å²) in [6, 6.07) is 11.6. The number of benzene rings is 1. The van der Waals surface area contributed by atoms with Gasteiger partial charge in [0.25, 0.3) is 0 Å². The summed E-state index contributed by atoms with van der Waals surface area (Å²) < 4.78 is 0. The highest BCUT2D eigenvalue weighted by Gasteiger charge is 2.18. The Labute approximate surface area is 141 Å². The molecule has 0 aliphatic heterocycles. The molecule has 23 heavy (non-hydrogen) atoms. The molecule has 0 saturated carbocycles. The second kappa shape index (κ2) is 8.13. The molecule has 3 N–H and O–H groups in total. The molecule has 5 heteroatoms. The van der Waals surface area contributed by atoms with E-state index in [1.165, 1.54) is 5.56 Å². The van der Waals surface area contributed by atoms with E-state index in [2.05, 4.69) is 48.7 Å². The molecule has 0 aliphatic carbocycles. The molecule has 2 atom stereocenters. The summed E-state index contributed by atoms with van der Waals surface area (Å²) in [6.07, 6.45) is 0. The van der Waals surface area contributed by atoms with Crippen molar-refractivity contribution in [1.29, 1.82) is 0 Å². The molecule has 2 amide bonds. The van der Waals surface area contributed by atoms with E-state index in [4.69, 9.17) is 5.11 Å². The van der Waals surface area contributed by atoms with E-state index < -0.39 is 0 Å². The number of nitrogens with one attached hydrogen (secondary N) is 2. The zero-order valence-electron chi connectivity index (χ0n) is 13.7. The first kappa shape index (κ1) is 17.5. The lowest BCUT2D eigenvalue weighted by molar-refractivity contribution is 0.219. The summed E-state index contributed by atoms with van der Waals surface area (Å²) in [7, 11) is 0. The first-order valence-corrected chi connectivity index (χ1v) is 8.70. The SMILES string of the molecule is CC(CO)NC(=O)NC(c1ccc(C(C)C)cc1)c1cccs1. The molecule has 0 radical (unpaired) electrons. The molecule has 0 aliphatic rings. The van der Waals surface area contributed by atoms with Crippen molar-refractivity contribution in [1.82, 2.24) is 10.6 Å². The molecule has 2 aromatic rings. The van der Waals surface area contributed by atoms with Crippen molar-refractivity contribution in [2.45, 2.75) is 38.8 Å². The van der Waals surface area contributed by atoms with Crippen LogP contribution < -0.4 is 10.6 Å². The minimum Gasteiger partial charge on any atom is -0.394 e. The maximum atomic E-state index is 12.1. The average molecular weight is 332 g/mol. The van der Waals surface area contributed by atoms with Gasteiger partial charge in [0.2, 0.25) is 0 Å². The lowest BCUT2D eigenvalue weighted by Crippen LogP contribution is -2.43. The number of amides is 2. The minimum absolute atomic E-state index is 0.0832. The first-order chi connectivity index (χ1) is 11.0. The van der Waals surface area contributed by atoms with Gasteiger partial charge in [-0.1, -0.05) is 44.2 Å². The highest BCUT2D eigenvalue weighted by molar-refractivity contribution is 7.10. The topological polar surface area (TPSA) is 61.4 Å². The van der Waals surface area contributed by atoms with Crippen LogP contribution in [0.5, 0.6) is 0 Å². The molecule has 2 rings (SSSR count). The predicted octanol–water partition coefficient (Wildman–Crippen LogP) is 3.64. The molecule has 2 unspecified atom stereocenters. The molecule has 0 fully saturated rings. The van der Waals surface area contributed by atoms with Crippen LogP contribution in [0.1, 0.15) is 48.7 Å². The average Bonchev–Trinajstić information content (AvgIpc) is 3.06. The van der Waals surface area contributed by atoms with E-state index >= 15 is 0 Å². The van der Waals surface area contributed by atoms with Gasteiger partial charge in [0, 0.05) is 4.88 Å². The second-order valence-corrected chi connectivity index (χ2v) is 6.95. The van der Waals surface area contributed by atoms with Crippen molar-refractivity contribution in [3.63, 3.8) is 0 Å². The first-order valence-electron chi connectivity index (χ1n) is 7.82. The number of thiophene rings is 1. The van der Waals surface area contributed by atoms with Gasteiger partial charge in [-0.05, 0) is 35.4 Å². The van der Waals surface area contributed by atoms with Crippen LogP contribution in [0.25, 0.3) is 0 Å². The van der Waals surface area contributed by atoms with E-state index in [1.807, 2.05) is 17.5 Å². The Morgan fingerprint density at radius 3 is 2.26 bits per heavy atom. The van der Waals surface area contributed by atoms with Gasteiger partial charge in [-0.15, -0.1) is 11.3 Å². The summed E-state index contributed by atoms with van der Waals surface area (Å²) in [5.41, 5.74) is 2.32. The van der Waals surface area contributed by atoms with Crippen LogP contribution in [0.4, 0.5) is 4.79 Å². The third kappa shape index (κ3) is 4.81. The molecule has 0 bridgehead atoms. The standard InChI is InChI=1S/C18H24N2O2S/c1-12(2)14-6-8-15(9-7-14)17(16-5-4-10-23-16)20-18(22)19-13(3)11-21/h4-10,12-13,17,21H,11H2,1-3H3,(H2,19,20,22). The molecule has 4 nitrogen and oxygen atoms in total. The number of aliphatic hydroxyl groups is 1. The van der Waals surface area contributed by atoms with E-state index in [1.54, 1.807) is 18.3 Å². The van der Waals surface area contributed by atoms with Crippen molar-refractivity contribution < 1.29 is 9.90 Å². The third-order valence-electron chi connectivity index (χ3n) is 3.69. The van der Waals surface area contributed by atoms with Gasteiger partial charge >= 0.3 is 6.03 Å².